The zero-order chi connectivity index (χ0) is 13.0. The third-order valence-electron chi connectivity index (χ3n) is 2.32. The van der Waals surface area contributed by atoms with Gasteiger partial charge in [0.1, 0.15) is 0 Å². The van der Waals surface area contributed by atoms with Crippen LogP contribution in [0.15, 0.2) is 47.9 Å². The number of hydrogen-bond donors (Lipinski definition) is 0. The molecule has 92 valence electrons. The van der Waals surface area contributed by atoms with E-state index in [9.17, 15) is 4.79 Å². The molecule has 1 unspecified atom stereocenters. The Hall–Kier alpha value is -1.39. The summed E-state index contributed by atoms with van der Waals surface area (Å²) in [6.07, 6.45) is 3.32. The van der Waals surface area contributed by atoms with Crippen LogP contribution in [0.1, 0.15) is 17.3 Å². The van der Waals surface area contributed by atoms with Crippen molar-refractivity contribution in [2.24, 2.45) is 0 Å². The predicted octanol–water partition coefficient (Wildman–Crippen LogP) is 3.49. The number of Topliss-reactive ketones (excluding diaryl/α,β-unsaturated/α-hetero) is 1. The number of hydrogen-bond acceptors (Lipinski definition) is 4. The SMILES string of the molecule is CC(Sc1ncccn1)C(=O)c1ccc(Cl)cc1. The highest BCUT2D eigenvalue weighted by Crippen LogP contribution is 2.22. The Balaban J connectivity index is 2.07. The lowest BCUT2D eigenvalue weighted by Crippen LogP contribution is -2.13. The number of thioether (sulfide) groups is 1. The Morgan fingerprint density at radius 1 is 1.22 bits per heavy atom. The first kappa shape index (κ1) is 13.1. The van der Waals surface area contributed by atoms with E-state index in [1.54, 1.807) is 42.7 Å². The topological polar surface area (TPSA) is 42.9 Å². The monoisotopic (exact) mass is 278 g/mol. The van der Waals surface area contributed by atoms with E-state index in [1.165, 1.54) is 11.8 Å². The molecule has 0 spiro atoms. The average Bonchev–Trinajstić information content (AvgIpc) is 2.40. The molecule has 0 saturated carbocycles. The molecule has 1 atom stereocenters. The van der Waals surface area contributed by atoms with Gasteiger partial charge in [-0.1, -0.05) is 23.4 Å². The van der Waals surface area contributed by atoms with Crippen LogP contribution in [0.25, 0.3) is 0 Å². The van der Waals surface area contributed by atoms with E-state index in [1.807, 2.05) is 6.92 Å². The van der Waals surface area contributed by atoms with E-state index >= 15 is 0 Å². The number of halogens is 1. The first-order chi connectivity index (χ1) is 8.66. The quantitative estimate of drug-likeness (QED) is 0.488. The van der Waals surface area contributed by atoms with Gasteiger partial charge in [0.15, 0.2) is 10.9 Å². The van der Waals surface area contributed by atoms with Gasteiger partial charge in [-0.2, -0.15) is 0 Å². The zero-order valence-electron chi connectivity index (χ0n) is 9.71. The summed E-state index contributed by atoms with van der Waals surface area (Å²) in [5.74, 6) is 0.0455. The van der Waals surface area contributed by atoms with Crippen LogP contribution in [-0.2, 0) is 0 Å². The molecule has 1 aromatic carbocycles. The maximum atomic E-state index is 12.1. The van der Waals surface area contributed by atoms with Crippen molar-refractivity contribution in [3.8, 4) is 0 Å². The lowest BCUT2D eigenvalue weighted by molar-refractivity contribution is 0.0994. The molecule has 2 rings (SSSR count). The highest BCUT2D eigenvalue weighted by molar-refractivity contribution is 8.00. The van der Waals surface area contributed by atoms with Crippen molar-refractivity contribution in [3.05, 3.63) is 53.3 Å². The van der Waals surface area contributed by atoms with Gasteiger partial charge in [0.05, 0.1) is 5.25 Å². The number of carbonyl (C=O) groups excluding carboxylic acids is 1. The number of nitrogens with zero attached hydrogens (tertiary/aromatic N) is 2. The average molecular weight is 279 g/mol. The van der Waals surface area contributed by atoms with Crippen LogP contribution in [-0.4, -0.2) is 21.0 Å². The lowest BCUT2D eigenvalue weighted by atomic mass is 10.1. The molecule has 2 aromatic rings. The van der Waals surface area contributed by atoms with E-state index in [0.717, 1.165) is 0 Å². The molecule has 5 heteroatoms. The zero-order valence-corrected chi connectivity index (χ0v) is 11.3. The second-order valence-electron chi connectivity index (χ2n) is 3.66. The maximum absolute atomic E-state index is 12.1. The van der Waals surface area contributed by atoms with Gasteiger partial charge >= 0.3 is 0 Å². The summed E-state index contributed by atoms with van der Waals surface area (Å²) in [5, 5.41) is 0.999. The molecule has 0 aliphatic heterocycles. The lowest BCUT2D eigenvalue weighted by Gasteiger charge is -2.08. The minimum atomic E-state index is -0.228. The summed E-state index contributed by atoms with van der Waals surface area (Å²) >= 11 is 7.14. The van der Waals surface area contributed by atoms with Crippen molar-refractivity contribution in [1.82, 2.24) is 9.97 Å². The van der Waals surface area contributed by atoms with E-state index in [4.69, 9.17) is 11.6 Å². The number of ketones is 1. The van der Waals surface area contributed by atoms with Crippen molar-refractivity contribution in [2.75, 3.05) is 0 Å². The molecule has 3 nitrogen and oxygen atoms in total. The van der Waals surface area contributed by atoms with Gasteiger partial charge in [0.2, 0.25) is 0 Å². The van der Waals surface area contributed by atoms with Crippen molar-refractivity contribution >= 4 is 29.1 Å². The number of benzene rings is 1. The number of aromatic nitrogens is 2. The predicted molar refractivity (Wildman–Crippen MR) is 73.1 cm³/mol. The fourth-order valence-corrected chi connectivity index (χ4v) is 2.34. The van der Waals surface area contributed by atoms with E-state index in [2.05, 4.69) is 9.97 Å². The van der Waals surface area contributed by atoms with Gasteiger partial charge in [-0.05, 0) is 37.3 Å². The molecular weight excluding hydrogens is 268 g/mol. The van der Waals surface area contributed by atoms with Gasteiger partial charge < -0.3 is 0 Å². The molecule has 0 amide bonds. The Labute approximate surface area is 115 Å². The first-order valence-corrected chi connectivity index (χ1v) is 6.66. The highest BCUT2D eigenvalue weighted by atomic mass is 35.5. The van der Waals surface area contributed by atoms with Gasteiger partial charge in [-0.3, -0.25) is 4.79 Å². The Morgan fingerprint density at radius 3 is 2.44 bits per heavy atom. The van der Waals surface area contributed by atoms with Crippen LogP contribution in [0, 0.1) is 0 Å². The number of rotatable bonds is 4. The van der Waals surface area contributed by atoms with Gasteiger partial charge in [0, 0.05) is 23.0 Å². The fourth-order valence-electron chi connectivity index (χ4n) is 1.41. The minimum Gasteiger partial charge on any atom is -0.293 e. The molecule has 0 aliphatic carbocycles. The summed E-state index contributed by atoms with van der Waals surface area (Å²) in [6, 6.07) is 8.63. The van der Waals surface area contributed by atoms with Crippen LogP contribution in [0.5, 0.6) is 0 Å². The third-order valence-corrected chi connectivity index (χ3v) is 3.56. The van der Waals surface area contributed by atoms with Crippen LogP contribution >= 0.6 is 23.4 Å². The van der Waals surface area contributed by atoms with Gasteiger partial charge in [0.25, 0.3) is 0 Å². The summed E-state index contributed by atoms with van der Waals surface area (Å²) in [7, 11) is 0. The first-order valence-electron chi connectivity index (χ1n) is 5.40. The molecule has 0 saturated heterocycles. The van der Waals surface area contributed by atoms with E-state index in [-0.39, 0.29) is 11.0 Å². The molecule has 1 heterocycles. The second kappa shape index (κ2) is 5.98. The van der Waals surface area contributed by atoms with Crippen molar-refractivity contribution < 1.29 is 4.79 Å². The normalized spacial score (nSPS) is 12.1. The molecule has 0 fully saturated rings. The van der Waals surface area contributed by atoms with Gasteiger partial charge in [-0.15, -0.1) is 0 Å². The maximum Gasteiger partial charge on any atom is 0.188 e. The van der Waals surface area contributed by atoms with E-state index in [0.29, 0.717) is 15.7 Å². The molecule has 0 N–H and O–H groups in total. The molecule has 1 aromatic heterocycles. The van der Waals surface area contributed by atoms with Crippen LogP contribution in [0.3, 0.4) is 0 Å². The Kier molecular flexibility index (Phi) is 4.33. The Bertz CT molecular complexity index is 530. The molecule has 0 radical (unpaired) electrons. The number of carbonyl (C=O) groups is 1. The van der Waals surface area contributed by atoms with Gasteiger partial charge in [-0.25, -0.2) is 9.97 Å². The summed E-state index contributed by atoms with van der Waals surface area (Å²) < 4.78 is 0. The van der Waals surface area contributed by atoms with Crippen molar-refractivity contribution in [3.63, 3.8) is 0 Å². The fraction of sp³-hybridized carbons (Fsp3) is 0.154. The summed E-state index contributed by atoms with van der Waals surface area (Å²) in [4.78, 5) is 20.3. The largest absolute Gasteiger partial charge is 0.293 e. The molecule has 0 bridgehead atoms. The highest BCUT2D eigenvalue weighted by Gasteiger charge is 2.17. The smallest absolute Gasteiger partial charge is 0.188 e. The summed E-state index contributed by atoms with van der Waals surface area (Å²) in [5.41, 5.74) is 0.648. The minimum absolute atomic E-state index is 0.0455. The standard InChI is InChI=1S/C13H11ClN2OS/c1-9(18-13-15-7-2-8-16-13)12(17)10-3-5-11(14)6-4-10/h2-9H,1H3. The van der Waals surface area contributed by atoms with Crippen molar-refractivity contribution in [1.29, 1.82) is 0 Å². The summed E-state index contributed by atoms with van der Waals surface area (Å²) in [6.45, 7) is 1.85. The van der Waals surface area contributed by atoms with E-state index < -0.39 is 0 Å². The second-order valence-corrected chi connectivity index (χ2v) is 5.41. The van der Waals surface area contributed by atoms with Crippen LogP contribution < -0.4 is 0 Å². The Morgan fingerprint density at radius 2 is 1.83 bits per heavy atom. The third kappa shape index (κ3) is 3.31. The van der Waals surface area contributed by atoms with Crippen LogP contribution in [0.4, 0.5) is 0 Å². The van der Waals surface area contributed by atoms with Crippen molar-refractivity contribution in [2.45, 2.75) is 17.3 Å². The molecule has 18 heavy (non-hydrogen) atoms. The molecule has 0 aliphatic rings. The van der Waals surface area contributed by atoms with Crippen LogP contribution in [0.2, 0.25) is 5.02 Å². The molecular formula is C13H11ClN2OS.